The molecule has 0 atom stereocenters. The van der Waals surface area contributed by atoms with E-state index in [2.05, 4.69) is 17.0 Å². The Morgan fingerprint density at radius 1 is 0.962 bits per heavy atom. The Labute approximate surface area is 154 Å². The highest BCUT2D eigenvalue weighted by molar-refractivity contribution is 7.95. The van der Waals surface area contributed by atoms with E-state index in [1.165, 1.54) is 23.9 Å². The number of piperazine rings is 1. The highest BCUT2D eigenvalue weighted by atomic mass is 32.2. The molecule has 2 aromatic rings. The van der Waals surface area contributed by atoms with Crippen LogP contribution < -0.4 is 0 Å². The van der Waals surface area contributed by atoms with E-state index in [1.807, 2.05) is 29.2 Å². The largest absolute Gasteiger partial charge is 0.373 e. The fourth-order valence-corrected chi connectivity index (χ4v) is 4.12. The van der Waals surface area contributed by atoms with E-state index < -0.39 is 9.84 Å². The first-order chi connectivity index (χ1) is 12.6. The third-order valence-corrected chi connectivity index (χ3v) is 6.08. The van der Waals surface area contributed by atoms with Crippen molar-refractivity contribution in [1.29, 1.82) is 5.26 Å². The van der Waals surface area contributed by atoms with Crippen molar-refractivity contribution >= 4 is 9.84 Å². The second-order valence-electron chi connectivity index (χ2n) is 6.22. The van der Waals surface area contributed by atoms with Gasteiger partial charge in [0.05, 0.1) is 4.90 Å². The van der Waals surface area contributed by atoms with Crippen LogP contribution in [0.4, 0.5) is 0 Å². The summed E-state index contributed by atoms with van der Waals surface area (Å²) in [4.78, 5) is 4.19. The summed E-state index contributed by atoms with van der Waals surface area (Å²) in [6, 6.07) is 20.2. The van der Waals surface area contributed by atoms with Crippen LogP contribution >= 0.6 is 0 Å². The normalized spacial score (nSPS) is 16.3. The SMILES string of the molecule is N#C/C(=C\N1CCN(Cc2ccccc2)CC1)S(=O)(=O)c1ccccc1. The molecular weight excluding hydrogens is 346 g/mol. The zero-order chi connectivity index (χ0) is 18.4. The second kappa shape index (κ2) is 8.17. The monoisotopic (exact) mass is 367 g/mol. The Kier molecular flexibility index (Phi) is 5.71. The molecular formula is C20H21N3O2S. The molecule has 2 aromatic carbocycles. The Morgan fingerprint density at radius 2 is 1.54 bits per heavy atom. The number of nitriles is 1. The number of allylic oxidation sites excluding steroid dienone is 1. The Bertz CT molecular complexity index is 895. The van der Waals surface area contributed by atoms with E-state index in [4.69, 9.17) is 0 Å². The summed E-state index contributed by atoms with van der Waals surface area (Å²) >= 11 is 0. The zero-order valence-electron chi connectivity index (χ0n) is 14.5. The minimum Gasteiger partial charge on any atom is -0.373 e. The van der Waals surface area contributed by atoms with Crippen LogP contribution in [0.25, 0.3) is 0 Å². The molecule has 0 saturated carbocycles. The van der Waals surface area contributed by atoms with Crippen molar-refractivity contribution < 1.29 is 8.42 Å². The number of hydrogen-bond donors (Lipinski definition) is 0. The molecule has 26 heavy (non-hydrogen) atoms. The van der Waals surface area contributed by atoms with Crippen LogP contribution in [0.3, 0.4) is 0 Å². The lowest BCUT2D eigenvalue weighted by molar-refractivity contribution is 0.162. The van der Waals surface area contributed by atoms with Crippen molar-refractivity contribution in [3.63, 3.8) is 0 Å². The minimum absolute atomic E-state index is 0.149. The summed E-state index contributed by atoms with van der Waals surface area (Å²) in [6.07, 6.45) is 1.49. The average Bonchev–Trinajstić information content (AvgIpc) is 2.68. The van der Waals surface area contributed by atoms with Gasteiger partial charge >= 0.3 is 0 Å². The molecule has 1 heterocycles. The standard InChI is InChI=1S/C20H21N3O2S/c21-15-20(26(24,25)19-9-5-2-6-10-19)17-23-13-11-22(12-14-23)16-18-7-3-1-4-8-18/h1-10,17H,11-14,16H2/b20-17+. The van der Waals surface area contributed by atoms with Crippen molar-refractivity contribution in [2.75, 3.05) is 26.2 Å². The molecule has 134 valence electrons. The Balaban J connectivity index is 1.66. The molecule has 6 heteroatoms. The van der Waals surface area contributed by atoms with Gasteiger partial charge in [0.1, 0.15) is 6.07 Å². The van der Waals surface area contributed by atoms with E-state index in [-0.39, 0.29) is 9.80 Å². The van der Waals surface area contributed by atoms with Crippen molar-refractivity contribution in [1.82, 2.24) is 9.80 Å². The lowest BCUT2D eigenvalue weighted by Crippen LogP contribution is -2.43. The van der Waals surface area contributed by atoms with E-state index in [0.717, 1.165) is 19.6 Å². The molecule has 3 rings (SSSR count). The van der Waals surface area contributed by atoms with Crippen molar-refractivity contribution in [3.05, 3.63) is 77.3 Å². The highest BCUT2D eigenvalue weighted by Gasteiger charge is 2.23. The maximum absolute atomic E-state index is 12.6. The lowest BCUT2D eigenvalue weighted by Gasteiger charge is -2.34. The van der Waals surface area contributed by atoms with Crippen LogP contribution in [0, 0.1) is 11.3 Å². The Morgan fingerprint density at radius 3 is 2.12 bits per heavy atom. The molecule has 0 N–H and O–H groups in total. The number of sulfone groups is 1. The maximum Gasteiger partial charge on any atom is 0.218 e. The van der Waals surface area contributed by atoms with Gasteiger partial charge in [0.2, 0.25) is 9.84 Å². The summed E-state index contributed by atoms with van der Waals surface area (Å²) in [5.41, 5.74) is 1.26. The molecule has 1 aliphatic rings. The third kappa shape index (κ3) is 4.31. The topological polar surface area (TPSA) is 64.4 Å². The molecule has 1 saturated heterocycles. The summed E-state index contributed by atoms with van der Waals surface area (Å²) in [7, 11) is -3.77. The van der Waals surface area contributed by atoms with E-state index in [0.29, 0.717) is 13.1 Å². The first-order valence-electron chi connectivity index (χ1n) is 8.52. The van der Waals surface area contributed by atoms with Crippen LogP contribution in [0.2, 0.25) is 0 Å². The van der Waals surface area contributed by atoms with E-state index in [1.54, 1.807) is 18.2 Å². The van der Waals surface area contributed by atoms with Gasteiger partial charge in [0.15, 0.2) is 4.91 Å². The fourth-order valence-electron chi connectivity index (χ4n) is 2.94. The number of nitrogens with zero attached hydrogens (tertiary/aromatic N) is 3. The molecule has 0 aliphatic carbocycles. The fraction of sp³-hybridized carbons (Fsp3) is 0.250. The maximum atomic E-state index is 12.6. The number of rotatable bonds is 5. The van der Waals surface area contributed by atoms with Gasteiger partial charge in [-0.25, -0.2) is 8.42 Å². The van der Waals surface area contributed by atoms with Gasteiger partial charge in [-0.3, -0.25) is 4.90 Å². The second-order valence-corrected chi connectivity index (χ2v) is 8.14. The van der Waals surface area contributed by atoms with Gasteiger partial charge < -0.3 is 4.90 Å². The molecule has 0 amide bonds. The molecule has 0 bridgehead atoms. The molecule has 5 nitrogen and oxygen atoms in total. The van der Waals surface area contributed by atoms with Crippen LogP contribution in [0.5, 0.6) is 0 Å². The van der Waals surface area contributed by atoms with Crippen molar-refractivity contribution in [2.45, 2.75) is 11.4 Å². The third-order valence-electron chi connectivity index (χ3n) is 4.41. The smallest absolute Gasteiger partial charge is 0.218 e. The van der Waals surface area contributed by atoms with Crippen LogP contribution in [-0.4, -0.2) is 44.4 Å². The molecule has 0 aromatic heterocycles. The predicted octanol–water partition coefficient (Wildman–Crippen LogP) is 2.64. The van der Waals surface area contributed by atoms with Crippen LogP contribution in [0.15, 0.2) is 76.7 Å². The summed E-state index contributed by atoms with van der Waals surface area (Å²) in [5, 5.41) is 9.37. The van der Waals surface area contributed by atoms with Crippen molar-refractivity contribution in [3.8, 4) is 6.07 Å². The van der Waals surface area contributed by atoms with Gasteiger partial charge in [-0.1, -0.05) is 48.5 Å². The summed E-state index contributed by atoms with van der Waals surface area (Å²) in [5.74, 6) is 0. The summed E-state index contributed by atoms with van der Waals surface area (Å²) in [6.45, 7) is 3.93. The molecule has 0 unspecified atom stereocenters. The molecule has 0 spiro atoms. The quantitative estimate of drug-likeness (QED) is 0.760. The van der Waals surface area contributed by atoms with Gasteiger partial charge in [0.25, 0.3) is 0 Å². The zero-order valence-corrected chi connectivity index (χ0v) is 15.3. The minimum atomic E-state index is -3.77. The summed E-state index contributed by atoms with van der Waals surface area (Å²) < 4.78 is 25.2. The van der Waals surface area contributed by atoms with Gasteiger partial charge in [-0.05, 0) is 17.7 Å². The van der Waals surface area contributed by atoms with Gasteiger partial charge in [0, 0.05) is 38.9 Å². The lowest BCUT2D eigenvalue weighted by atomic mass is 10.2. The highest BCUT2D eigenvalue weighted by Crippen LogP contribution is 2.19. The van der Waals surface area contributed by atoms with Gasteiger partial charge in [-0.15, -0.1) is 0 Å². The van der Waals surface area contributed by atoms with Crippen LogP contribution in [-0.2, 0) is 16.4 Å². The first kappa shape index (κ1) is 18.2. The average molecular weight is 367 g/mol. The molecule has 0 radical (unpaired) electrons. The molecule has 1 aliphatic heterocycles. The number of hydrogen-bond acceptors (Lipinski definition) is 5. The molecule has 1 fully saturated rings. The van der Waals surface area contributed by atoms with E-state index >= 15 is 0 Å². The number of benzene rings is 2. The predicted molar refractivity (Wildman–Crippen MR) is 101 cm³/mol. The Hall–Kier alpha value is -2.62. The van der Waals surface area contributed by atoms with Crippen LogP contribution in [0.1, 0.15) is 5.56 Å². The van der Waals surface area contributed by atoms with Gasteiger partial charge in [-0.2, -0.15) is 5.26 Å². The van der Waals surface area contributed by atoms with E-state index in [9.17, 15) is 13.7 Å². The van der Waals surface area contributed by atoms with Crippen molar-refractivity contribution in [2.24, 2.45) is 0 Å². The first-order valence-corrected chi connectivity index (χ1v) is 10.0.